The number of imidazole rings is 1. The molecule has 0 fully saturated rings. The van der Waals surface area contributed by atoms with Gasteiger partial charge in [-0.3, -0.25) is 0 Å². The third-order valence-electron chi connectivity index (χ3n) is 4.29. The predicted octanol–water partition coefficient (Wildman–Crippen LogP) is 6.80. The molecule has 2 nitrogen and oxygen atoms in total. The van der Waals surface area contributed by atoms with Gasteiger partial charge in [0.05, 0.1) is 13.1 Å². The van der Waals surface area contributed by atoms with E-state index < -0.39 is 7.25 Å². The van der Waals surface area contributed by atoms with Crippen molar-refractivity contribution in [2.24, 2.45) is 0 Å². The minimum absolute atomic E-state index is 1.19. The summed E-state index contributed by atoms with van der Waals surface area (Å²) in [4.78, 5) is 0. The summed E-state index contributed by atoms with van der Waals surface area (Å²) in [5, 5.41) is 0. The van der Waals surface area contributed by atoms with Gasteiger partial charge in [0.15, 0.2) is 0 Å². The Labute approximate surface area is 157 Å². The van der Waals surface area contributed by atoms with E-state index in [1.807, 2.05) is 0 Å². The highest BCUT2D eigenvalue weighted by Crippen LogP contribution is 2.07. The van der Waals surface area contributed by atoms with E-state index in [0.717, 1.165) is 0 Å². The fourth-order valence-electron chi connectivity index (χ4n) is 2.85. The van der Waals surface area contributed by atoms with Gasteiger partial charge in [-0.05, 0) is 25.7 Å². The summed E-state index contributed by atoms with van der Waals surface area (Å²) in [6.45, 7) is 6.94. The number of unbranched alkanes of at least 4 members (excludes halogenated alkanes) is 10. The molecule has 0 N–H and O–H groups in total. The summed E-state index contributed by atoms with van der Waals surface area (Å²) in [6, 6.07) is 0. The topological polar surface area (TPSA) is 8.81 Å². The molecule has 0 aromatic carbocycles. The second-order valence-corrected chi connectivity index (χ2v) is 6.92. The van der Waals surface area contributed by atoms with Crippen LogP contribution < -0.4 is 4.57 Å². The SMILES string of the molecule is CCCCCCCCn1cc[n+](CCCCCCCC)c1.F[B-](F)(F)F. The summed E-state index contributed by atoms with van der Waals surface area (Å²) in [5.41, 5.74) is 0. The maximum Gasteiger partial charge on any atom is 0.673 e. The third kappa shape index (κ3) is 19.3. The zero-order chi connectivity index (χ0) is 19.7. The Morgan fingerprint density at radius 3 is 1.73 bits per heavy atom. The lowest BCUT2D eigenvalue weighted by Crippen LogP contribution is -2.30. The molecule has 0 amide bonds. The van der Waals surface area contributed by atoms with E-state index in [1.165, 1.54) is 90.1 Å². The van der Waals surface area contributed by atoms with Gasteiger partial charge in [-0.1, -0.05) is 65.2 Å². The van der Waals surface area contributed by atoms with E-state index in [9.17, 15) is 17.3 Å². The third-order valence-corrected chi connectivity index (χ3v) is 4.29. The first-order valence-electron chi connectivity index (χ1n) is 10.3. The first-order chi connectivity index (χ1) is 12.4. The van der Waals surface area contributed by atoms with Crippen molar-refractivity contribution < 1.29 is 21.8 Å². The first-order valence-corrected chi connectivity index (χ1v) is 10.3. The van der Waals surface area contributed by atoms with Gasteiger partial charge in [0.2, 0.25) is 6.33 Å². The van der Waals surface area contributed by atoms with Crippen LogP contribution in [0.5, 0.6) is 0 Å². The van der Waals surface area contributed by atoms with Crippen molar-refractivity contribution in [2.75, 3.05) is 0 Å². The monoisotopic (exact) mass is 380 g/mol. The summed E-state index contributed by atoms with van der Waals surface area (Å²) < 4.78 is 43.7. The van der Waals surface area contributed by atoms with Crippen LogP contribution >= 0.6 is 0 Å². The molecule has 26 heavy (non-hydrogen) atoms. The van der Waals surface area contributed by atoms with Crippen molar-refractivity contribution in [1.82, 2.24) is 4.57 Å². The molecule has 0 aliphatic rings. The van der Waals surface area contributed by atoms with Gasteiger partial charge in [0.1, 0.15) is 12.4 Å². The van der Waals surface area contributed by atoms with E-state index >= 15 is 0 Å². The van der Waals surface area contributed by atoms with Crippen LogP contribution in [0.15, 0.2) is 18.7 Å². The molecular formula is C19H37BF4N2. The second kappa shape index (κ2) is 16.2. The molecule has 0 unspecified atom stereocenters. The molecule has 1 heterocycles. The zero-order valence-corrected chi connectivity index (χ0v) is 16.6. The Bertz CT molecular complexity index is 385. The van der Waals surface area contributed by atoms with Gasteiger partial charge in [0.25, 0.3) is 0 Å². The summed E-state index contributed by atoms with van der Waals surface area (Å²) >= 11 is 0. The summed E-state index contributed by atoms with van der Waals surface area (Å²) in [7, 11) is -6.00. The van der Waals surface area contributed by atoms with Crippen LogP contribution in [0.25, 0.3) is 0 Å². The smallest absolute Gasteiger partial charge is 0.418 e. The van der Waals surface area contributed by atoms with Crippen LogP contribution in [0, 0.1) is 0 Å². The van der Waals surface area contributed by atoms with E-state index in [4.69, 9.17) is 0 Å². The number of hydrogen-bond acceptors (Lipinski definition) is 0. The fraction of sp³-hybridized carbons (Fsp3) is 0.842. The maximum atomic E-state index is 9.75. The molecule has 0 aliphatic heterocycles. The lowest BCUT2D eigenvalue weighted by Gasteiger charge is -1.99. The molecule has 154 valence electrons. The average molecular weight is 380 g/mol. The molecule has 0 radical (unpaired) electrons. The van der Waals surface area contributed by atoms with Crippen LogP contribution in [-0.2, 0) is 13.1 Å². The molecule has 1 aromatic rings. The average Bonchev–Trinajstić information content (AvgIpc) is 3.00. The van der Waals surface area contributed by atoms with Gasteiger partial charge in [-0.2, -0.15) is 0 Å². The van der Waals surface area contributed by atoms with Crippen molar-refractivity contribution >= 4 is 7.25 Å². The van der Waals surface area contributed by atoms with Crippen LogP contribution in [-0.4, -0.2) is 11.8 Å². The molecule has 0 spiro atoms. The first kappa shape index (κ1) is 25.0. The fourth-order valence-corrected chi connectivity index (χ4v) is 2.85. The van der Waals surface area contributed by atoms with Crippen molar-refractivity contribution in [2.45, 2.75) is 104 Å². The highest BCUT2D eigenvalue weighted by molar-refractivity contribution is 6.50. The van der Waals surface area contributed by atoms with E-state index in [0.29, 0.717) is 0 Å². The maximum absolute atomic E-state index is 9.75. The van der Waals surface area contributed by atoms with E-state index in [1.54, 1.807) is 0 Å². The molecule has 0 bridgehead atoms. The molecule has 7 heteroatoms. The second-order valence-electron chi connectivity index (χ2n) is 6.92. The molecule has 0 saturated carbocycles. The lowest BCUT2D eigenvalue weighted by atomic mass is 10.1. The number of aryl methyl sites for hydroxylation is 2. The highest BCUT2D eigenvalue weighted by atomic mass is 19.5. The quantitative estimate of drug-likeness (QED) is 0.145. The van der Waals surface area contributed by atoms with Gasteiger partial charge in [0, 0.05) is 0 Å². The summed E-state index contributed by atoms with van der Waals surface area (Å²) in [5.74, 6) is 0. The van der Waals surface area contributed by atoms with Gasteiger partial charge in [-0.25, -0.2) is 9.13 Å². The number of nitrogens with zero attached hydrogens (tertiary/aromatic N) is 2. The molecular weight excluding hydrogens is 343 g/mol. The van der Waals surface area contributed by atoms with Crippen LogP contribution in [0.4, 0.5) is 17.3 Å². The van der Waals surface area contributed by atoms with Crippen molar-refractivity contribution in [3.63, 3.8) is 0 Å². The molecule has 1 rings (SSSR count). The molecule has 0 aliphatic carbocycles. The number of hydrogen-bond donors (Lipinski definition) is 0. The number of halogens is 4. The Hall–Kier alpha value is -1.01. The van der Waals surface area contributed by atoms with E-state index in [-0.39, 0.29) is 0 Å². The number of rotatable bonds is 14. The Balaban J connectivity index is 0.00000110. The summed E-state index contributed by atoms with van der Waals surface area (Å²) in [6.07, 6.45) is 23.3. The highest BCUT2D eigenvalue weighted by Gasteiger charge is 2.20. The van der Waals surface area contributed by atoms with Crippen molar-refractivity contribution in [3.8, 4) is 0 Å². The van der Waals surface area contributed by atoms with Gasteiger partial charge >= 0.3 is 7.25 Å². The predicted molar refractivity (Wildman–Crippen MR) is 102 cm³/mol. The molecule has 0 saturated heterocycles. The Morgan fingerprint density at radius 1 is 0.731 bits per heavy atom. The van der Waals surface area contributed by atoms with Crippen molar-refractivity contribution in [1.29, 1.82) is 0 Å². The lowest BCUT2D eigenvalue weighted by molar-refractivity contribution is -0.696. The largest absolute Gasteiger partial charge is 0.673 e. The Kier molecular flexibility index (Phi) is 15.6. The number of aromatic nitrogens is 2. The van der Waals surface area contributed by atoms with Gasteiger partial charge < -0.3 is 17.3 Å². The molecule has 1 aromatic heterocycles. The van der Waals surface area contributed by atoms with Crippen LogP contribution in [0.1, 0.15) is 90.9 Å². The van der Waals surface area contributed by atoms with Crippen molar-refractivity contribution in [3.05, 3.63) is 18.7 Å². The normalized spacial score (nSPS) is 11.3. The Morgan fingerprint density at radius 2 is 1.19 bits per heavy atom. The zero-order valence-electron chi connectivity index (χ0n) is 16.6. The minimum atomic E-state index is -6.00. The molecule has 0 atom stereocenters. The van der Waals surface area contributed by atoms with Crippen LogP contribution in [0.3, 0.4) is 0 Å². The van der Waals surface area contributed by atoms with Gasteiger partial charge in [-0.15, -0.1) is 0 Å². The minimum Gasteiger partial charge on any atom is -0.418 e. The van der Waals surface area contributed by atoms with E-state index in [2.05, 4.69) is 41.7 Å². The standard InChI is InChI=1S/C19H37N2.BF4/c1-3-5-7-9-11-13-15-20-17-18-21(19-20)16-14-12-10-8-6-4-2;2-1(3,4)5/h17-19H,3-16H2,1-2H3;/q+1;-1. The van der Waals surface area contributed by atoms with Crippen LogP contribution in [0.2, 0.25) is 0 Å².